The van der Waals surface area contributed by atoms with Gasteiger partial charge in [0, 0.05) is 37.3 Å². The molecule has 4 rings (SSSR count). The molecule has 1 heterocycles. The van der Waals surface area contributed by atoms with Gasteiger partial charge in [-0.2, -0.15) is 0 Å². The van der Waals surface area contributed by atoms with E-state index in [1.807, 2.05) is 0 Å². The van der Waals surface area contributed by atoms with Crippen LogP contribution in [0.4, 0.5) is 10.1 Å². The first-order valence-corrected chi connectivity index (χ1v) is 10.5. The van der Waals surface area contributed by atoms with E-state index in [0.29, 0.717) is 12.6 Å². The molecule has 5 heteroatoms. The number of hydrogen-bond donors (Lipinski definition) is 1. The van der Waals surface area contributed by atoms with Crippen molar-refractivity contribution in [1.29, 1.82) is 0 Å². The third-order valence-electron chi connectivity index (χ3n) is 6.31. The number of carbonyl (C=O) groups excluding carboxylic acids is 1. The molecule has 2 aliphatic rings. The van der Waals surface area contributed by atoms with E-state index in [1.165, 1.54) is 29.8 Å². The molecule has 1 saturated heterocycles. The molecule has 2 aromatic rings. The first kappa shape index (κ1) is 19.9. The summed E-state index contributed by atoms with van der Waals surface area (Å²) >= 11 is 0. The van der Waals surface area contributed by atoms with Crippen LogP contribution in [0.25, 0.3) is 0 Å². The summed E-state index contributed by atoms with van der Waals surface area (Å²) in [5.74, 6) is 0.144. The molecule has 1 amide bonds. The quantitative estimate of drug-likeness (QED) is 0.780. The van der Waals surface area contributed by atoms with Gasteiger partial charge in [0.05, 0.1) is 0 Å². The highest BCUT2D eigenvalue weighted by atomic mass is 19.1. The average Bonchev–Trinajstić information content (AvgIpc) is 3.35. The van der Waals surface area contributed by atoms with Crippen LogP contribution in [0.1, 0.15) is 29.9 Å². The van der Waals surface area contributed by atoms with Gasteiger partial charge in [0.2, 0.25) is 5.91 Å². The lowest BCUT2D eigenvalue weighted by Gasteiger charge is -2.22. The summed E-state index contributed by atoms with van der Waals surface area (Å²) in [7, 11) is 4.29. The molecule has 2 fully saturated rings. The molecule has 1 N–H and O–H groups in total. The van der Waals surface area contributed by atoms with Gasteiger partial charge in [-0.05, 0) is 74.7 Å². The Morgan fingerprint density at radius 2 is 2.00 bits per heavy atom. The minimum absolute atomic E-state index is 0.0272. The van der Waals surface area contributed by atoms with Gasteiger partial charge in [-0.3, -0.25) is 4.79 Å². The number of hydrogen-bond acceptors (Lipinski definition) is 3. The molecule has 0 spiro atoms. The van der Waals surface area contributed by atoms with Crippen LogP contribution >= 0.6 is 0 Å². The summed E-state index contributed by atoms with van der Waals surface area (Å²) in [5.41, 5.74) is 3.58. The van der Waals surface area contributed by atoms with Crippen LogP contribution in [-0.2, 0) is 11.2 Å². The van der Waals surface area contributed by atoms with Gasteiger partial charge in [0.25, 0.3) is 0 Å². The van der Waals surface area contributed by atoms with E-state index in [2.05, 4.69) is 53.5 Å². The first-order chi connectivity index (χ1) is 14.0. The number of nitrogens with zero attached hydrogens (tertiary/aromatic N) is 2. The van der Waals surface area contributed by atoms with E-state index < -0.39 is 0 Å². The second-order valence-electron chi connectivity index (χ2n) is 8.56. The van der Waals surface area contributed by atoms with Gasteiger partial charge >= 0.3 is 0 Å². The normalized spacial score (nSPS) is 23.4. The largest absolute Gasteiger partial charge is 0.370 e. The van der Waals surface area contributed by atoms with E-state index >= 15 is 0 Å². The number of anilines is 1. The fourth-order valence-electron chi connectivity index (χ4n) is 4.33. The van der Waals surface area contributed by atoms with Gasteiger partial charge in [-0.25, -0.2) is 4.39 Å². The van der Waals surface area contributed by atoms with Gasteiger partial charge in [-0.15, -0.1) is 0 Å². The molecular formula is C24H30FN3O. The molecule has 1 aliphatic carbocycles. The lowest BCUT2D eigenvalue weighted by molar-refractivity contribution is -0.122. The fraction of sp³-hybridized carbons (Fsp3) is 0.458. The van der Waals surface area contributed by atoms with Crippen molar-refractivity contribution >= 4 is 11.6 Å². The SMILES string of the molecule is CN(C)C1CCN(c2cccc(CCNC(=O)C3CC3c3ccc(F)cc3)c2)C1. The maximum Gasteiger partial charge on any atom is 0.223 e. The van der Waals surface area contributed by atoms with Crippen molar-refractivity contribution in [2.24, 2.45) is 5.92 Å². The smallest absolute Gasteiger partial charge is 0.223 e. The molecule has 4 nitrogen and oxygen atoms in total. The van der Waals surface area contributed by atoms with Gasteiger partial charge in [-0.1, -0.05) is 24.3 Å². The van der Waals surface area contributed by atoms with Crippen LogP contribution < -0.4 is 10.2 Å². The second kappa shape index (κ2) is 8.54. The molecule has 0 aromatic heterocycles. The second-order valence-corrected chi connectivity index (χ2v) is 8.56. The molecule has 3 unspecified atom stereocenters. The van der Waals surface area contributed by atoms with Crippen LogP contribution in [0.15, 0.2) is 48.5 Å². The summed E-state index contributed by atoms with van der Waals surface area (Å²) < 4.78 is 13.1. The zero-order valence-corrected chi connectivity index (χ0v) is 17.3. The molecule has 0 radical (unpaired) electrons. The van der Waals surface area contributed by atoms with Crippen molar-refractivity contribution < 1.29 is 9.18 Å². The Kier molecular flexibility index (Phi) is 5.86. The first-order valence-electron chi connectivity index (χ1n) is 10.5. The van der Waals surface area contributed by atoms with Crippen LogP contribution in [-0.4, -0.2) is 50.6 Å². The van der Waals surface area contributed by atoms with Crippen molar-refractivity contribution in [2.45, 2.75) is 31.2 Å². The Bertz CT molecular complexity index is 851. The maximum absolute atomic E-state index is 13.1. The van der Waals surface area contributed by atoms with Crippen LogP contribution in [0, 0.1) is 11.7 Å². The Morgan fingerprint density at radius 1 is 1.21 bits per heavy atom. The lowest BCUT2D eigenvalue weighted by Crippen LogP contribution is -2.31. The minimum Gasteiger partial charge on any atom is -0.370 e. The van der Waals surface area contributed by atoms with Gasteiger partial charge < -0.3 is 15.1 Å². The summed E-state index contributed by atoms with van der Waals surface area (Å²) in [4.78, 5) is 17.2. The molecule has 1 aliphatic heterocycles. The van der Waals surface area contributed by atoms with E-state index in [-0.39, 0.29) is 23.6 Å². The molecule has 2 aromatic carbocycles. The number of likely N-dealkylation sites (N-methyl/N-ethyl adjacent to an activating group) is 1. The number of carbonyl (C=O) groups is 1. The minimum atomic E-state index is -0.233. The topological polar surface area (TPSA) is 35.6 Å². The highest BCUT2D eigenvalue weighted by Gasteiger charge is 2.43. The van der Waals surface area contributed by atoms with E-state index in [9.17, 15) is 9.18 Å². The Hall–Kier alpha value is -2.40. The molecule has 0 bridgehead atoms. The molecule has 29 heavy (non-hydrogen) atoms. The maximum atomic E-state index is 13.1. The molecule has 154 valence electrons. The zero-order valence-electron chi connectivity index (χ0n) is 17.3. The van der Waals surface area contributed by atoms with E-state index in [0.717, 1.165) is 31.5 Å². The highest BCUT2D eigenvalue weighted by Crippen LogP contribution is 2.47. The Morgan fingerprint density at radius 3 is 2.72 bits per heavy atom. The van der Waals surface area contributed by atoms with Crippen LogP contribution in [0.3, 0.4) is 0 Å². The third-order valence-corrected chi connectivity index (χ3v) is 6.31. The summed E-state index contributed by atoms with van der Waals surface area (Å²) in [6.07, 6.45) is 2.89. The number of nitrogens with one attached hydrogen (secondary N) is 1. The monoisotopic (exact) mass is 395 g/mol. The average molecular weight is 396 g/mol. The molecule has 3 atom stereocenters. The van der Waals surface area contributed by atoms with Crippen molar-refractivity contribution in [1.82, 2.24) is 10.2 Å². The standard InChI is InChI=1S/C24H30FN3O/c1-27(2)21-11-13-28(16-21)20-5-3-4-17(14-20)10-12-26-24(29)23-15-22(23)18-6-8-19(25)9-7-18/h3-9,14,21-23H,10-13,15-16H2,1-2H3,(H,26,29). The van der Waals surface area contributed by atoms with Crippen LogP contribution in [0.2, 0.25) is 0 Å². The Labute approximate surface area is 172 Å². The van der Waals surface area contributed by atoms with Crippen molar-refractivity contribution in [3.63, 3.8) is 0 Å². The summed E-state index contributed by atoms with van der Waals surface area (Å²) in [5, 5.41) is 3.08. The van der Waals surface area contributed by atoms with Crippen molar-refractivity contribution in [3.05, 3.63) is 65.5 Å². The summed E-state index contributed by atoms with van der Waals surface area (Å²) in [6.45, 7) is 2.81. The number of benzene rings is 2. The predicted molar refractivity (Wildman–Crippen MR) is 115 cm³/mol. The number of halogens is 1. The number of rotatable bonds is 7. The lowest BCUT2D eigenvalue weighted by atomic mass is 10.1. The zero-order chi connectivity index (χ0) is 20.4. The Balaban J connectivity index is 1.25. The number of amides is 1. The fourth-order valence-corrected chi connectivity index (χ4v) is 4.33. The highest BCUT2D eigenvalue weighted by molar-refractivity contribution is 5.82. The van der Waals surface area contributed by atoms with Crippen LogP contribution in [0.5, 0.6) is 0 Å². The summed E-state index contributed by atoms with van der Waals surface area (Å²) in [6, 6.07) is 15.8. The van der Waals surface area contributed by atoms with Gasteiger partial charge in [0.1, 0.15) is 5.82 Å². The van der Waals surface area contributed by atoms with Crippen molar-refractivity contribution in [2.75, 3.05) is 38.6 Å². The van der Waals surface area contributed by atoms with Gasteiger partial charge in [0.15, 0.2) is 0 Å². The third kappa shape index (κ3) is 4.78. The van der Waals surface area contributed by atoms with E-state index in [1.54, 1.807) is 12.1 Å². The molecule has 1 saturated carbocycles. The molecular weight excluding hydrogens is 365 g/mol. The van der Waals surface area contributed by atoms with E-state index in [4.69, 9.17) is 0 Å². The van der Waals surface area contributed by atoms with Crippen molar-refractivity contribution in [3.8, 4) is 0 Å². The predicted octanol–water partition coefficient (Wildman–Crippen LogP) is 3.43.